The molecule has 1 atom stereocenters. The van der Waals surface area contributed by atoms with Gasteiger partial charge in [-0.1, -0.05) is 6.07 Å². The first-order valence-corrected chi connectivity index (χ1v) is 7.79. The van der Waals surface area contributed by atoms with E-state index in [1.165, 1.54) is 10.4 Å². The minimum atomic E-state index is 0.256. The summed E-state index contributed by atoms with van der Waals surface area (Å²) in [5, 5.41) is 15.9. The molecule has 3 rings (SSSR count). The fourth-order valence-corrected chi connectivity index (χ4v) is 3.30. The second-order valence-electron chi connectivity index (χ2n) is 4.22. The van der Waals surface area contributed by atoms with Crippen LogP contribution in [0.3, 0.4) is 0 Å². The van der Waals surface area contributed by atoms with Gasteiger partial charge in [0.25, 0.3) is 0 Å². The molecule has 1 unspecified atom stereocenters. The first kappa shape index (κ1) is 12.5. The van der Waals surface area contributed by atoms with Crippen molar-refractivity contribution in [2.45, 2.75) is 19.5 Å². The van der Waals surface area contributed by atoms with Gasteiger partial charge in [-0.25, -0.2) is 4.98 Å². The summed E-state index contributed by atoms with van der Waals surface area (Å²) in [4.78, 5) is 5.54. The van der Waals surface area contributed by atoms with Crippen molar-refractivity contribution in [2.75, 3.05) is 0 Å². The van der Waals surface area contributed by atoms with Gasteiger partial charge in [0.15, 0.2) is 0 Å². The van der Waals surface area contributed by atoms with Gasteiger partial charge in [0.05, 0.1) is 22.8 Å². The van der Waals surface area contributed by atoms with E-state index in [9.17, 15) is 0 Å². The molecule has 0 bridgehead atoms. The second kappa shape index (κ2) is 5.64. The van der Waals surface area contributed by atoms with Crippen LogP contribution in [0.15, 0.2) is 35.3 Å². The molecule has 19 heavy (non-hydrogen) atoms. The maximum atomic E-state index is 4.32. The molecular formula is C13H14N4S2. The first-order chi connectivity index (χ1) is 9.34. The lowest BCUT2D eigenvalue weighted by Crippen LogP contribution is -2.17. The summed E-state index contributed by atoms with van der Waals surface area (Å²) in [6.45, 7) is 2.91. The molecule has 0 fully saturated rings. The maximum absolute atomic E-state index is 4.32. The van der Waals surface area contributed by atoms with Crippen LogP contribution in [-0.4, -0.2) is 15.2 Å². The van der Waals surface area contributed by atoms with E-state index in [4.69, 9.17) is 0 Å². The SMILES string of the molecule is CC(NCc1cn[nH]c1-c1cccs1)c1nccs1. The number of rotatable bonds is 5. The lowest BCUT2D eigenvalue weighted by molar-refractivity contribution is 0.572. The number of nitrogens with zero attached hydrogens (tertiary/aromatic N) is 2. The van der Waals surface area contributed by atoms with E-state index in [-0.39, 0.29) is 6.04 Å². The fraction of sp³-hybridized carbons (Fsp3) is 0.231. The Labute approximate surface area is 119 Å². The Morgan fingerprint density at radius 3 is 3.05 bits per heavy atom. The predicted molar refractivity (Wildman–Crippen MR) is 79.3 cm³/mol. The van der Waals surface area contributed by atoms with Gasteiger partial charge < -0.3 is 5.32 Å². The largest absolute Gasteiger partial charge is 0.304 e. The Morgan fingerprint density at radius 1 is 1.37 bits per heavy atom. The molecule has 0 aliphatic rings. The number of aromatic nitrogens is 3. The first-order valence-electron chi connectivity index (χ1n) is 6.03. The van der Waals surface area contributed by atoms with Crippen LogP contribution in [0.4, 0.5) is 0 Å². The maximum Gasteiger partial charge on any atom is 0.109 e. The summed E-state index contributed by atoms with van der Waals surface area (Å²) in [7, 11) is 0. The van der Waals surface area contributed by atoms with Crippen molar-refractivity contribution in [1.82, 2.24) is 20.5 Å². The molecule has 0 spiro atoms. The van der Waals surface area contributed by atoms with E-state index in [0.717, 1.165) is 17.2 Å². The minimum absolute atomic E-state index is 0.256. The highest BCUT2D eigenvalue weighted by Crippen LogP contribution is 2.26. The Morgan fingerprint density at radius 2 is 2.32 bits per heavy atom. The van der Waals surface area contributed by atoms with E-state index in [1.54, 1.807) is 22.7 Å². The molecule has 3 heterocycles. The van der Waals surface area contributed by atoms with Crippen LogP contribution in [0.1, 0.15) is 23.5 Å². The summed E-state index contributed by atoms with van der Waals surface area (Å²) < 4.78 is 0. The van der Waals surface area contributed by atoms with Crippen molar-refractivity contribution >= 4 is 22.7 Å². The summed E-state index contributed by atoms with van der Waals surface area (Å²) >= 11 is 3.39. The van der Waals surface area contributed by atoms with Gasteiger partial charge in [-0.3, -0.25) is 5.10 Å². The van der Waals surface area contributed by atoms with Gasteiger partial charge in [0.1, 0.15) is 5.01 Å². The van der Waals surface area contributed by atoms with Crippen molar-refractivity contribution in [3.63, 3.8) is 0 Å². The lowest BCUT2D eigenvalue weighted by Gasteiger charge is -2.10. The van der Waals surface area contributed by atoms with E-state index < -0.39 is 0 Å². The highest BCUT2D eigenvalue weighted by molar-refractivity contribution is 7.13. The number of thiophene rings is 1. The number of aromatic amines is 1. The summed E-state index contributed by atoms with van der Waals surface area (Å²) in [6.07, 6.45) is 3.73. The third kappa shape index (κ3) is 2.75. The highest BCUT2D eigenvalue weighted by atomic mass is 32.1. The summed E-state index contributed by atoms with van der Waals surface area (Å²) in [5.41, 5.74) is 2.29. The second-order valence-corrected chi connectivity index (χ2v) is 6.09. The van der Waals surface area contributed by atoms with Gasteiger partial charge in [-0.2, -0.15) is 5.10 Å². The molecule has 2 N–H and O–H groups in total. The zero-order valence-corrected chi connectivity index (χ0v) is 12.1. The Bertz CT molecular complexity index is 613. The van der Waals surface area contributed by atoms with E-state index in [2.05, 4.69) is 44.9 Å². The minimum Gasteiger partial charge on any atom is -0.304 e. The number of hydrogen-bond acceptors (Lipinski definition) is 5. The molecule has 6 heteroatoms. The van der Waals surface area contributed by atoms with E-state index in [1.807, 2.05) is 17.8 Å². The van der Waals surface area contributed by atoms with Gasteiger partial charge in [-0.05, 0) is 18.4 Å². The standard InChI is InChI=1S/C13H14N4S2/c1-9(13-14-4-6-19-13)15-7-10-8-16-17-12(10)11-3-2-5-18-11/h2-6,8-9,15H,7H2,1H3,(H,16,17). The average molecular weight is 290 g/mol. The normalized spacial score (nSPS) is 12.7. The Kier molecular flexibility index (Phi) is 3.72. The number of H-pyrrole nitrogens is 1. The van der Waals surface area contributed by atoms with Gasteiger partial charge in [0, 0.05) is 23.7 Å². The van der Waals surface area contributed by atoms with Crippen LogP contribution >= 0.6 is 22.7 Å². The zero-order valence-electron chi connectivity index (χ0n) is 10.5. The van der Waals surface area contributed by atoms with Gasteiger partial charge in [0.2, 0.25) is 0 Å². The molecule has 0 aromatic carbocycles. The number of nitrogens with one attached hydrogen (secondary N) is 2. The molecule has 0 aliphatic heterocycles. The molecule has 0 saturated carbocycles. The smallest absolute Gasteiger partial charge is 0.109 e. The van der Waals surface area contributed by atoms with Crippen LogP contribution in [0, 0.1) is 0 Å². The zero-order chi connectivity index (χ0) is 13.1. The Balaban J connectivity index is 1.70. The highest BCUT2D eigenvalue weighted by Gasteiger charge is 2.11. The van der Waals surface area contributed by atoms with E-state index in [0.29, 0.717) is 0 Å². The van der Waals surface area contributed by atoms with Crippen LogP contribution < -0.4 is 5.32 Å². The van der Waals surface area contributed by atoms with Crippen molar-refractivity contribution in [2.24, 2.45) is 0 Å². The van der Waals surface area contributed by atoms with Gasteiger partial charge >= 0.3 is 0 Å². The van der Waals surface area contributed by atoms with Crippen molar-refractivity contribution in [3.05, 3.63) is 45.9 Å². The number of thiazole rings is 1. The van der Waals surface area contributed by atoms with Crippen LogP contribution in [-0.2, 0) is 6.54 Å². The summed E-state index contributed by atoms with van der Waals surface area (Å²) in [5.74, 6) is 0. The average Bonchev–Trinajstić information content (AvgIpc) is 3.14. The molecule has 4 nitrogen and oxygen atoms in total. The molecule has 98 valence electrons. The predicted octanol–water partition coefficient (Wildman–Crippen LogP) is 3.45. The van der Waals surface area contributed by atoms with Crippen molar-refractivity contribution < 1.29 is 0 Å². The third-order valence-electron chi connectivity index (χ3n) is 2.91. The molecule has 0 amide bonds. The third-order valence-corrected chi connectivity index (χ3v) is 4.75. The van der Waals surface area contributed by atoms with Crippen LogP contribution in [0.25, 0.3) is 10.6 Å². The van der Waals surface area contributed by atoms with Gasteiger partial charge in [-0.15, -0.1) is 22.7 Å². The Hall–Kier alpha value is -1.50. The quantitative estimate of drug-likeness (QED) is 0.757. The fourth-order valence-electron chi connectivity index (χ4n) is 1.88. The molecule has 0 aliphatic carbocycles. The lowest BCUT2D eigenvalue weighted by atomic mass is 10.2. The monoisotopic (exact) mass is 290 g/mol. The molecule has 3 aromatic rings. The molecule has 0 radical (unpaired) electrons. The van der Waals surface area contributed by atoms with Crippen LogP contribution in [0.5, 0.6) is 0 Å². The van der Waals surface area contributed by atoms with Crippen molar-refractivity contribution in [3.8, 4) is 10.6 Å². The number of hydrogen-bond donors (Lipinski definition) is 2. The van der Waals surface area contributed by atoms with Crippen LogP contribution in [0.2, 0.25) is 0 Å². The molecule has 3 aromatic heterocycles. The molecule has 0 saturated heterocycles. The van der Waals surface area contributed by atoms with Crippen molar-refractivity contribution in [1.29, 1.82) is 0 Å². The topological polar surface area (TPSA) is 53.6 Å². The summed E-state index contributed by atoms with van der Waals surface area (Å²) in [6, 6.07) is 4.41. The van der Waals surface area contributed by atoms with E-state index >= 15 is 0 Å². The molecular weight excluding hydrogens is 276 g/mol.